The summed E-state index contributed by atoms with van der Waals surface area (Å²) in [5.41, 5.74) is 4.10. The molecule has 0 aliphatic carbocycles. The Morgan fingerprint density at radius 2 is 1.36 bits per heavy atom. The second-order valence-corrected chi connectivity index (χ2v) is 9.95. The van der Waals surface area contributed by atoms with Gasteiger partial charge in [0.2, 0.25) is 5.95 Å². The van der Waals surface area contributed by atoms with E-state index in [1.54, 1.807) is 48.5 Å². The van der Waals surface area contributed by atoms with Crippen LogP contribution in [0.2, 0.25) is 0 Å². The molecule has 1 aromatic heterocycles. The highest BCUT2D eigenvalue weighted by Crippen LogP contribution is 2.25. The second-order valence-electron chi connectivity index (χ2n) is 7.45. The molecule has 1 heterocycles. The number of halogens is 1. The summed E-state index contributed by atoms with van der Waals surface area (Å²) >= 11 is 3.28. The van der Waals surface area contributed by atoms with Crippen molar-refractivity contribution in [2.45, 2.75) is 18.7 Å². The zero-order valence-electron chi connectivity index (χ0n) is 18.0. The van der Waals surface area contributed by atoms with Crippen molar-refractivity contribution in [3.8, 4) is 0 Å². The third-order valence-corrected chi connectivity index (χ3v) is 7.09. The fourth-order valence-electron chi connectivity index (χ4n) is 3.10. The Balaban J connectivity index is 1.47. The van der Waals surface area contributed by atoms with Gasteiger partial charge < -0.3 is 10.6 Å². The van der Waals surface area contributed by atoms with Crippen LogP contribution in [0.3, 0.4) is 0 Å². The van der Waals surface area contributed by atoms with E-state index < -0.39 is 10.0 Å². The molecule has 4 aromatic rings. The molecule has 0 fully saturated rings. The Morgan fingerprint density at radius 3 is 2.06 bits per heavy atom. The number of aryl methyl sites for hydroxylation is 2. The average Bonchev–Trinajstić information content (AvgIpc) is 2.76. The van der Waals surface area contributed by atoms with E-state index in [0.29, 0.717) is 21.9 Å². The average molecular weight is 524 g/mol. The Morgan fingerprint density at radius 1 is 0.758 bits per heavy atom. The summed E-state index contributed by atoms with van der Waals surface area (Å²) in [5.74, 6) is 1.11. The van der Waals surface area contributed by atoms with Crippen molar-refractivity contribution in [1.82, 2.24) is 9.97 Å². The summed E-state index contributed by atoms with van der Waals surface area (Å²) in [7, 11) is -3.71. The van der Waals surface area contributed by atoms with Gasteiger partial charge in [0.05, 0.1) is 0 Å². The summed E-state index contributed by atoms with van der Waals surface area (Å²) < 4.78 is 28.4. The van der Waals surface area contributed by atoms with Crippen LogP contribution < -0.4 is 15.4 Å². The Hall–Kier alpha value is -3.43. The lowest BCUT2D eigenvalue weighted by Crippen LogP contribution is -2.13. The first-order valence-electron chi connectivity index (χ1n) is 10.1. The quantitative estimate of drug-likeness (QED) is 0.269. The molecule has 7 nitrogen and oxygen atoms in total. The van der Waals surface area contributed by atoms with Crippen molar-refractivity contribution < 1.29 is 8.42 Å². The highest BCUT2D eigenvalue weighted by molar-refractivity contribution is 9.10. The summed E-state index contributed by atoms with van der Waals surface area (Å²) in [5, 5.41) is 6.45. The van der Waals surface area contributed by atoms with Crippen LogP contribution in [0.15, 0.2) is 88.2 Å². The van der Waals surface area contributed by atoms with Crippen LogP contribution in [0.5, 0.6) is 0 Å². The first-order valence-corrected chi connectivity index (χ1v) is 12.4. The molecule has 0 amide bonds. The van der Waals surface area contributed by atoms with E-state index in [0.717, 1.165) is 17.1 Å². The monoisotopic (exact) mass is 523 g/mol. The Bertz CT molecular complexity index is 1380. The standard InChI is InChI=1S/C24H22BrN5O2S/c1-16-7-9-18(10-8-16)27-23-15-17(2)26-24(29-23)28-19-11-13-20(14-12-19)30-33(31,32)22-6-4-3-5-21(22)25/h3-15,30H,1-2H3,(H2,26,27,28,29). The highest BCUT2D eigenvalue weighted by Gasteiger charge is 2.17. The van der Waals surface area contributed by atoms with Crippen LogP contribution in [0.4, 0.5) is 28.8 Å². The van der Waals surface area contributed by atoms with E-state index >= 15 is 0 Å². The molecule has 0 saturated carbocycles. The molecule has 0 atom stereocenters. The first kappa shape index (κ1) is 22.8. The van der Waals surface area contributed by atoms with Gasteiger partial charge in [-0.3, -0.25) is 4.72 Å². The van der Waals surface area contributed by atoms with Gasteiger partial charge in [-0.1, -0.05) is 29.8 Å². The van der Waals surface area contributed by atoms with Crippen molar-refractivity contribution >= 4 is 54.8 Å². The zero-order chi connectivity index (χ0) is 23.4. The third-order valence-electron chi connectivity index (χ3n) is 4.70. The number of aromatic nitrogens is 2. The lowest BCUT2D eigenvalue weighted by molar-refractivity contribution is 0.601. The molecule has 168 valence electrons. The van der Waals surface area contributed by atoms with Gasteiger partial charge >= 0.3 is 0 Å². The minimum absolute atomic E-state index is 0.175. The molecule has 0 spiro atoms. The van der Waals surface area contributed by atoms with Crippen LogP contribution in [-0.2, 0) is 10.0 Å². The van der Waals surface area contributed by atoms with Gasteiger partial charge in [-0.15, -0.1) is 0 Å². The SMILES string of the molecule is Cc1ccc(Nc2cc(C)nc(Nc3ccc(NS(=O)(=O)c4ccccc4Br)cc3)n2)cc1. The van der Waals surface area contributed by atoms with Crippen molar-refractivity contribution in [1.29, 1.82) is 0 Å². The van der Waals surface area contributed by atoms with Crippen LogP contribution >= 0.6 is 15.9 Å². The normalized spacial score (nSPS) is 11.1. The first-order chi connectivity index (χ1) is 15.8. The largest absolute Gasteiger partial charge is 0.340 e. The van der Waals surface area contributed by atoms with Crippen LogP contribution in [-0.4, -0.2) is 18.4 Å². The molecule has 4 rings (SSSR count). The maximum Gasteiger partial charge on any atom is 0.263 e. The number of hydrogen-bond donors (Lipinski definition) is 3. The minimum Gasteiger partial charge on any atom is -0.340 e. The molecule has 0 aliphatic heterocycles. The lowest BCUT2D eigenvalue weighted by atomic mass is 10.2. The topological polar surface area (TPSA) is 96.0 Å². The van der Waals surface area contributed by atoms with Crippen molar-refractivity contribution in [2.75, 3.05) is 15.4 Å². The number of benzene rings is 3. The number of rotatable bonds is 7. The molecule has 3 N–H and O–H groups in total. The summed E-state index contributed by atoms with van der Waals surface area (Å²) in [4.78, 5) is 9.14. The Labute approximate surface area is 201 Å². The number of anilines is 5. The van der Waals surface area contributed by atoms with Crippen molar-refractivity contribution in [3.63, 3.8) is 0 Å². The van der Waals surface area contributed by atoms with E-state index in [1.807, 2.05) is 44.2 Å². The van der Waals surface area contributed by atoms with Crippen LogP contribution in [0, 0.1) is 13.8 Å². The van der Waals surface area contributed by atoms with Gasteiger partial charge in [-0.25, -0.2) is 13.4 Å². The predicted octanol–water partition coefficient (Wildman–Crippen LogP) is 6.14. The molecule has 9 heteroatoms. The van der Waals surface area contributed by atoms with Gasteiger partial charge in [0, 0.05) is 33.3 Å². The molecule has 0 unspecified atom stereocenters. The number of nitrogens with zero attached hydrogens (tertiary/aromatic N) is 2. The molecular formula is C24H22BrN5O2S. The summed E-state index contributed by atoms with van der Waals surface area (Å²) in [6.07, 6.45) is 0. The highest BCUT2D eigenvalue weighted by atomic mass is 79.9. The van der Waals surface area contributed by atoms with Gasteiger partial charge in [0.25, 0.3) is 10.0 Å². The molecule has 0 radical (unpaired) electrons. The molecular weight excluding hydrogens is 502 g/mol. The predicted molar refractivity (Wildman–Crippen MR) is 136 cm³/mol. The Kier molecular flexibility index (Phi) is 6.62. The van der Waals surface area contributed by atoms with E-state index in [2.05, 4.69) is 41.3 Å². The zero-order valence-corrected chi connectivity index (χ0v) is 20.4. The second kappa shape index (κ2) is 9.60. The fraction of sp³-hybridized carbons (Fsp3) is 0.0833. The van der Waals surface area contributed by atoms with E-state index in [4.69, 9.17) is 0 Å². The van der Waals surface area contributed by atoms with Gasteiger partial charge in [-0.05, 0) is 78.3 Å². The summed E-state index contributed by atoms with van der Waals surface area (Å²) in [6, 6.07) is 23.5. The number of nitrogens with one attached hydrogen (secondary N) is 3. The number of sulfonamides is 1. The van der Waals surface area contributed by atoms with Crippen LogP contribution in [0.1, 0.15) is 11.3 Å². The van der Waals surface area contributed by atoms with E-state index in [1.165, 1.54) is 5.56 Å². The maximum absolute atomic E-state index is 12.7. The summed E-state index contributed by atoms with van der Waals surface area (Å²) in [6.45, 7) is 3.93. The van der Waals surface area contributed by atoms with Gasteiger partial charge in [-0.2, -0.15) is 4.98 Å². The third kappa shape index (κ3) is 5.88. The van der Waals surface area contributed by atoms with Crippen molar-refractivity contribution in [3.05, 3.63) is 94.6 Å². The molecule has 0 aliphatic rings. The van der Waals surface area contributed by atoms with Crippen molar-refractivity contribution in [2.24, 2.45) is 0 Å². The maximum atomic E-state index is 12.7. The molecule has 0 saturated heterocycles. The fourth-order valence-corrected chi connectivity index (χ4v) is 5.16. The smallest absolute Gasteiger partial charge is 0.263 e. The molecule has 3 aromatic carbocycles. The minimum atomic E-state index is -3.71. The number of hydrogen-bond acceptors (Lipinski definition) is 6. The van der Waals surface area contributed by atoms with E-state index in [9.17, 15) is 8.42 Å². The molecule has 33 heavy (non-hydrogen) atoms. The van der Waals surface area contributed by atoms with Gasteiger partial charge in [0.1, 0.15) is 10.7 Å². The van der Waals surface area contributed by atoms with E-state index in [-0.39, 0.29) is 4.90 Å². The molecule has 0 bridgehead atoms. The lowest BCUT2D eigenvalue weighted by Gasteiger charge is -2.12. The van der Waals surface area contributed by atoms with Gasteiger partial charge in [0.15, 0.2) is 0 Å². The van der Waals surface area contributed by atoms with Crippen LogP contribution in [0.25, 0.3) is 0 Å².